The van der Waals surface area contributed by atoms with E-state index < -0.39 is 5.97 Å². The van der Waals surface area contributed by atoms with Gasteiger partial charge in [0.1, 0.15) is 0 Å². The Balaban J connectivity index is 2.80. The highest BCUT2D eigenvalue weighted by atomic mass is 79.9. The van der Waals surface area contributed by atoms with Crippen LogP contribution in [0.1, 0.15) is 10.4 Å². The van der Waals surface area contributed by atoms with Gasteiger partial charge in [-0.1, -0.05) is 0 Å². The van der Waals surface area contributed by atoms with Crippen LogP contribution in [0.3, 0.4) is 0 Å². The number of carboxylic acid groups (broad SMARTS) is 1. The van der Waals surface area contributed by atoms with Gasteiger partial charge in [-0.25, -0.2) is 4.79 Å². The molecule has 0 aliphatic heterocycles. The van der Waals surface area contributed by atoms with E-state index in [0.29, 0.717) is 5.56 Å². The fourth-order valence-electron chi connectivity index (χ4n) is 1.20. The molecule has 2 nitrogen and oxygen atoms in total. The van der Waals surface area contributed by atoms with E-state index in [2.05, 4.69) is 28.6 Å². The van der Waals surface area contributed by atoms with Gasteiger partial charge in [-0.15, -0.1) is 24.0 Å². The fourth-order valence-corrected chi connectivity index (χ4v) is 2.78. The minimum atomic E-state index is -0.893. The van der Waals surface area contributed by atoms with Gasteiger partial charge in [0.2, 0.25) is 0 Å². The summed E-state index contributed by atoms with van der Waals surface area (Å²) in [4.78, 5) is 11.7. The van der Waals surface area contributed by atoms with Crippen molar-refractivity contribution in [2.24, 2.45) is 0 Å². The average molecular weight is 289 g/mol. The normalized spacial score (nSPS) is 10.7. The van der Waals surface area contributed by atoms with E-state index in [1.54, 1.807) is 11.4 Å². The molecule has 72 valence electrons. The monoisotopic (exact) mass is 288 g/mol. The highest BCUT2D eigenvalue weighted by Crippen LogP contribution is 2.32. The molecule has 0 aliphatic carbocycles. The second kappa shape index (κ2) is 3.56. The molecule has 0 saturated heterocycles. The molecule has 0 radical (unpaired) electrons. The van der Waals surface area contributed by atoms with Gasteiger partial charge in [0.15, 0.2) is 0 Å². The maximum Gasteiger partial charge on any atom is 0.337 e. The predicted molar refractivity (Wildman–Crippen MR) is 63.7 cm³/mol. The van der Waals surface area contributed by atoms with Crippen LogP contribution in [-0.4, -0.2) is 11.1 Å². The molecule has 5 heteroatoms. The first-order chi connectivity index (χ1) is 6.59. The Bertz CT molecular complexity index is 519. The molecular formula is C9H5BrO2S2. The minimum Gasteiger partial charge on any atom is -0.478 e. The number of aromatic carboxylic acids is 1. The van der Waals surface area contributed by atoms with Crippen molar-refractivity contribution in [3.05, 3.63) is 27.5 Å². The van der Waals surface area contributed by atoms with Gasteiger partial charge in [0.05, 0.1) is 5.56 Å². The molecule has 1 aromatic carbocycles. The van der Waals surface area contributed by atoms with Crippen molar-refractivity contribution >= 4 is 56.0 Å². The van der Waals surface area contributed by atoms with Gasteiger partial charge in [0.25, 0.3) is 0 Å². The summed E-state index contributed by atoms with van der Waals surface area (Å²) in [5, 5.41) is 11.3. The first-order valence-corrected chi connectivity index (χ1v) is 5.84. The molecule has 0 unspecified atom stereocenters. The van der Waals surface area contributed by atoms with E-state index in [1.807, 2.05) is 6.07 Å². The molecule has 1 N–H and O–H groups in total. The third kappa shape index (κ3) is 1.55. The Morgan fingerprint density at radius 2 is 2.21 bits per heavy atom. The van der Waals surface area contributed by atoms with Crippen LogP contribution in [0.2, 0.25) is 0 Å². The summed E-state index contributed by atoms with van der Waals surface area (Å²) in [7, 11) is 0. The topological polar surface area (TPSA) is 37.3 Å². The SMILES string of the molecule is O=C(O)c1csc2cc(S)c(Br)cc12. The second-order valence-corrected chi connectivity index (χ2v) is 5.00. The molecule has 0 spiro atoms. The Morgan fingerprint density at radius 3 is 2.86 bits per heavy atom. The number of thiol groups is 1. The Labute approximate surface area is 98.1 Å². The lowest BCUT2D eigenvalue weighted by Crippen LogP contribution is -1.93. The lowest BCUT2D eigenvalue weighted by Gasteiger charge is -1.97. The standard InChI is InChI=1S/C9H5BrO2S2/c10-6-1-4-5(9(11)12)3-14-8(4)2-7(6)13/h1-3,13H,(H,11,12). The zero-order chi connectivity index (χ0) is 10.3. The van der Waals surface area contributed by atoms with Crippen LogP contribution in [-0.2, 0) is 0 Å². The number of rotatable bonds is 1. The first kappa shape index (κ1) is 10.0. The van der Waals surface area contributed by atoms with E-state index in [1.165, 1.54) is 11.3 Å². The number of thiophene rings is 1. The van der Waals surface area contributed by atoms with Crippen molar-refractivity contribution in [3.63, 3.8) is 0 Å². The van der Waals surface area contributed by atoms with Gasteiger partial charge in [-0.05, 0) is 28.1 Å². The highest BCUT2D eigenvalue weighted by molar-refractivity contribution is 9.10. The summed E-state index contributed by atoms with van der Waals surface area (Å²) in [6.07, 6.45) is 0. The number of hydrogen-bond donors (Lipinski definition) is 2. The van der Waals surface area contributed by atoms with Gasteiger partial charge < -0.3 is 5.11 Å². The summed E-state index contributed by atoms with van der Waals surface area (Å²) in [6.45, 7) is 0. The predicted octanol–water partition coefficient (Wildman–Crippen LogP) is 3.65. The number of carbonyl (C=O) groups is 1. The minimum absolute atomic E-state index is 0.346. The Kier molecular flexibility index (Phi) is 2.55. The number of fused-ring (bicyclic) bond motifs is 1. The first-order valence-electron chi connectivity index (χ1n) is 3.72. The van der Waals surface area contributed by atoms with Crippen LogP contribution in [0.5, 0.6) is 0 Å². The molecule has 2 aromatic rings. The summed E-state index contributed by atoms with van der Waals surface area (Å²) in [5.74, 6) is -0.893. The zero-order valence-corrected chi connectivity index (χ0v) is 10.1. The maximum absolute atomic E-state index is 10.8. The van der Waals surface area contributed by atoms with Crippen molar-refractivity contribution < 1.29 is 9.90 Å². The molecule has 0 bridgehead atoms. The molecule has 0 aliphatic rings. The third-order valence-corrected chi connectivity index (χ3v) is 4.15. The number of carboxylic acids is 1. The van der Waals surface area contributed by atoms with E-state index in [9.17, 15) is 4.79 Å². The molecule has 14 heavy (non-hydrogen) atoms. The summed E-state index contributed by atoms with van der Waals surface area (Å²) in [5.41, 5.74) is 0.346. The number of halogens is 1. The quantitative estimate of drug-likeness (QED) is 0.786. The second-order valence-electron chi connectivity index (χ2n) is 2.75. The van der Waals surface area contributed by atoms with E-state index in [0.717, 1.165) is 19.5 Å². The molecule has 1 heterocycles. The van der Waals surface area contributed by atoms with E-state index >= 15 is 0 Å². The maximum atomic E-state index is 10.8. The molecule has 0 fully saturated rings. The molecular weight excluding hydrogens is 284 g/mol. The van der Waals surface area contributed by atoms with Gasteiger partial charge in [0, 0.05) is 24.8 Å². The molecule has 1 aromatic heterocycles. The van der Waals surface area contributed by atoms with Crippen molar-refractivity contribution in [1.29, 1.82) is 0 Å². The summed E-state index contributed by atoms with van der Waals surface area (Å²) in [6, 6.07) is 3.65. The van der Waals surface area contributed by atoms with Gasteiger partial charge >= 0.3 is 5.97 Å². The number of benzene rings is 1. The average Bonchev–Trinajstić information content (AvgIpc) is 2.48. The van der Waals surface area contributed by atoms with Gasteiger partial charge in [-0.3, -0.25) is 0 Å². The Morgan fingerprint density at radius 1 is 1.50 bits per heavy atom. The van der Waals surface area contributed by atoms with Crippen molar-refractivity contribution in [1.82, 2.24) is 0 Å². The van der Waals surface area contributed by atoms with E-state index in [-0.39, 0.29) is 0 Å². The number of hydrogen-bond acceptors (Lipinski definition) is 3. The highest BCUT2D eigenvalue weighted by Gasteiger charge is 2.11. The largest absolute Gasteiger partial charge is 0.478 e. The molecule has 0 amide bonds. The van der Waals surface area contributed by atoms with Crippen LogP contribution < -0.4 is 0 Å². The van der Waals surface area contributed by atoms with E-state index in [4.69, 9.17) is 5.11 Å². The van der Waals surface area contributed by atoms with Gasteiger partial charge in [-0.2, -0.15) is 0 Å². The zero-order valence-electron chi connectivity index (χ0n) is 6.82. The van der Waals surface area contributed by atoms with Crippen LogP contribution in [0.25, 0.3) is 10.1 Å². The third-order valence-electron chi connectivity index (χ3n) is 1.87. The van der Waals surface area contributed by atoms with Crippen LogP contribution in [0.15, 0.2) is 26.9 Å². The van der Waals surface area contributed by atoms with Crippen molar-refractivity contribution in [2.75, 3.05) is 0 Å². The van der Waals surface area contributed by atoms with Crippen molar-refractivity contribution in [3.8, 4) is 0 Å². The molecule has 0 atom stereocenters. The Hall–Kier alpha value is -0.520. The fraction of sp³-hybridized carbons (Fsp3) is 0. The lowest BCUT2D eigenvalue weighted by molar-refractivity contribution is 0.0699. The smallest absolute Gasteiger partial charge is 0.337 e. The summed E-state index contributed by atoms with van der Waals surface area (Å²) >= 11 is 8.98. The summed E-state index contributed by atoms with van der Waals surface area (Å²) < 4.78 is 1.75. The van der Waals surface area contributed by atoms with Crippen LogP contribution in [0.4, 0.5) is 0 Å². The lowest BCUT2D eigenvalue weighted by atomic mass is 10.2. The van der Waals surface area contributed by atoms with Crippen LogP contribution >= 0.6 is 39.9 Å². The van der Waals surface area contributed by atoms with Crippen LogP contribution in [0, 0.1) is 0 Å². The molecule has 2 rings (SSSR count). The molecule has 0 saturated carbocycles. The van der Waals surface area contributed by atoms with Crippen molar-refractivity contribution in [2.45, 2.75) is 4.90 Å².